The molecular weight excluding hydrogens is 358 g/mol. The van der Waals surface area contributed by atoms with E-state index in [1.54, 1.807) is 10.8 Å². The molecule has 0 spiro atoms. The number of nitrogens with zero attached hydrogens (tertiary/aromatic N) is 1. The second-order valence-corrected chi connectivity index (χ2v) is 8.24. The Morgan fingerprint density at radius 1 is 0.793 bits per heavy atom. The molecule has 3 aromatic carbocycles. The first kappa shape index (κ1) is 19.0. The maximum absolute atomic E-state index is 12.5. The minimum atomic E-state index is -0.528. The average Bonchev–Trinajstić information content (AvgIpc) is 3.12. The third-order valence-corrected chi connectivity index (χ3v) is 4.90. The van der Waals surface area contributed by atoms with E-state index in [9.17, 15) is 4.79 Å². The molecule has 4 rings (SSSR count). The van der Waals surface area contributed by atoms with Gasteiger partial charge in [0.05, 0.1) is 5.52 Å². The molecule has 0 atom stereocenters. The molecule has 0 fully saturated rings. The van der Waals surface area contributed by atoms with E-state index in [0.717, 1.165) is 10.9 Å². The van der Waals surface area contributed by atoms with Crippen molar-refractivity contribution in [3.05, 3.63) is 108 Å². The van der Waals surface area contributed by atoms with E-state index >= 15 is 0 Å². The van der Waals surface area contributed by atoms with Gasteiger partial charge in [-0.05, 0) is 55.7 Å². The molecule has 0 aliphatic heterocycles. The maximum Gasteiger partial charge on any atom is 0.418 e. The molecule has 0 amide bonds. The zero-order valence-corrected chi connectivity index (χ0v) is 17.0. The monoisotopic (exact) mass is 383 g/mol. The first-order valence-corrected chi connectivity index (χ1v) is 9.87. The summed E-state index contributed by atoms with van der Waals surface area (Å²) in [6, 6.07) is 29.3. The third kappa shape index (κ3) is 4.09. The molecule has 0 aliphatic carbocycles. The van der Waals surface area contributed by atoms with Gasteiger partial charge in [0, 0.05) is 17.5 Å². The van der Waals surface area contributed by atoms with Crippen LogP contribution in [0.4, 0.5) is 4.79 Å². The lowest BCUT2D eigenvalue weighted by Gasteiger charge is -2.20. The van der Waals surface area contributed by atoms with Crippen molar-refractivity contribution in [1.29, 1.82) is 0 Å². The fourth-order valence-electron chi connectivity index (χ4n) is 3.68. The van der Waals surface area contributed by atoms with E-state index in [2.05, 4.69) is 60.7 Å². The molecule has 0 aliphatic rings. The van der Waals surface area contributed by atoms with Gasteiger partial charge < -0.3 is 4.74 Å². The van der Waals surface area contributed by atoms with Crippen molar-refractivity contribution in [1.82, 2.24) is 4.57 Å². The normalized spacial score (nSPS) is 11.7. The number of ether oxygens (including phenoxy) is 1. The number of rotatable bonds is 3. The van der Waals surface area contributed by atoms with Crippen LogP contribution in [-0.4, -0.2) is 16.3 Å². The van der Waals surface area contributed by atoms with Gasteiger partial charge in [-0.1, -0.05) is 66.7 Å². The van der Waals surface area contributed by atoms with Crippen LogP contribution in [0.15, 0.2) is 91.1 Å². The summed E-state index contributed by atoms with van der Waals surface area (Å²) in [6.07, 6.45) is 1.42. The predicted molar refractivity (Wildman–Crippen MR) is 117 cm³/mol. The summed E-state index contributed by atoms with van der Waals surface area (Å²) >= 11 is 0. The molecule has 3 nitrogen and oxygen atoms in total. The Morgan fingerprint density at radius 2 is 1.38 bits per heavy atom. The highest BCUT2D eigenvalue weighted by Crippen LogP contribution is 2.33. The smallest absolute Gasteiger partial charge is 0.418 e. The van der Waals surface area contributed by atoms with Gasteiger partial charge in [-0.2, -0.15) is 0 Å². The molecule has 0 unspecified atom stereocenters. The Labute approximate surface area is 171 Å². The molecule has 0 saturated carbocycles. The molecule has 0 saturated heterocycles. The summed E-state index contributed by atoms with van der Waals surface area (Å²) in [5, 5.41) is 1.02. The number of carbonyl (C=O) groups excluding carboxylic acids is 1. The number of carbonyl (C=O) groups is 1. The summed E-state index contributed by atoms with van der Waals surface area (Å²) in [4.78, 5) is 12.5. The summed E-state index contributed by atoms with van der Waals surface area (Å²) in [5.41, 5.74) is 3.99. The van der Waals surface area contributed by atoms with Crippen LogP contribution >= 0.6 is 0 Å². The van der Waals surface area contributed by atoms with Gasteiger partial charge >= 0.3 is 6.09 Å². The molecule has 1 aromatic heterocycles. The van der Waals surface area contributed by atoms with Crippen molar-refractivity contribution in [2.75, 3.05) is 0 Å². The van der Waals surface area contributed by atoms with Crippen LogP contribution in [0.25, 0.3) is 10.9 Å². The van der Waals surface area contributed by atoms with Crippen LogP contribution < -0.4 is 0 Å². The number of hydrogen-bond acceptors (Lipinski definition) is 2. The van der Waals surface area contributed by atoms with Gasteiger partial charge in [-0.25, -0.2) is 4.79 Å². The lowest BCUT2D eigenvalue weighted by molar-refractivity contribution is 0.0544. The Hall–Kier alpha value is -3.33. The van der Waals surface area contributed by atoms with Gasteiger partial charge in [0.2, 0.25) is 0 Å². The fraction of sp³-hybridized carbons (Fsp3) is 0.192. The maximum atomic E-state index is 12.5. The summed E-state index contributed by atoms with van der Waals surface area (Å²) in [6.45, 7) is 5.62. The fourth-order valence-corrected chi connectivity index (χ4v) is 3.68. The van der Waals surface area contributed by atoms with E-state index in [1.165, 1.54) is 16.7 Å². The van der Waals surface area contributed by atoms with Gasteiger partial charge in [-0.15, -0.1) is 0 Å². The molecule has 1 heterocycles. The Morgan fingerprint density at radius 3 is 1.93 bits per heavy atom. The largest absolute Gasteiger partial charge is 0.443 e. The van der Waals surface area contributed by atoms with Crippen molar-refractivity contribution in [2.45, 2.75) is 32.3 Å². The highest BCUT2D eigenvalue weighted by molar-refractivity contribution is 5.90. The second kappa shape index (κ2) is 7.59. The van der Waals surface area contributed by atoms with E-state index < -0.39 is 5.60 Å². The zero-order chi connectivity index (χ0) is 20.4. The highest BCUT2D eigenvalue weighted by Gasteiger charge is 2.21. The molecule has 4 aromatic rings. The standard InChI is InChI=1S/C26H25NO2/c1-26(2,3)29-25(28)27-17-16-21-18-22(14-15-23(21)27)24(19-10-6-4-7-11-19)20-12-8-5-9-13-20/h4-18,24H,1-3H3. The molecule has 29 heavy (non-hydrogen) atoms. The highest BCUT2D eigenvalue weighted by atomic mass is 16.6. The van der Waals surface area contributed by atoms with Crippen LogP contribution in [0.5, 0.6) is 0 Å². The Bertz CT molecular complexity index is 1080. The van der Waals surface area contributed by atoms with Crippen LogP contribution in [-0.2, 0) is 4.74 Å². The summed E-state index contributed by atoms with van der Waals surface area (Å²) in [5.74, 6) is 0.131. The first-order valence-electron chi connectivity index (χ1n) is 9.87. The van der Waals surface area contributed by atoms with Crippen LogP contribution in [0.2, 0.25) is 0 Å². The number of benzene rings is 3. The predicted octanol–water partition coefficient (Wildman–Crippen LogP) is 6.60. The Kier molecular flexibility index (Phi) is 4.98. The lowest BCUT2D eigenvalue weighted by atomic mass is 9.85. The van der Waals surface area contributed by atoms with E-state index in [1.807, 2.05) is 45.0 Å². The number of aromatic nitrogens is 1. The zero-order valence-electron chi connectivity index (χ0n) is 17.0. The summed E-state index contributed by atoms with van der Waals surface area (Å²) < 4.78 is 7.10. The Balaban J connectivity index is 1.77. The van der Waals surface area contributed by atoms with Crippen LogP contribution in [0.1, 0.15) is 43.4 Å². The molecule has 0 radical (unpaired) electrons. The quantitative estimate of drug-likeness (QED) is 0.373. The topological polar surface area (TPSA) is 31.2 Å². The van der Waals surface area contributed by atoms with Crippen molar-refractivity contribution in [3.63, 3.8) is 0 Å². The molecular formula is C26H25NO2. The van der Waals surface area contributed by atoms with Gasteiger partial charge in [0.15, 0.2) is 0 Å². The molecule has 146 valence electrons. The van der Waals surface area contributed by atoms with Crippen molar-refractivity contribution < 1.29 is 9.53 Å². The number of fused-ring (bicyclic) bond motifs is 1. The number of hydrogen-bond donors (Lipinski definition) is 0. The van der Waals surface area contributed by atoms with Crippen molar-refractivity contribution in [2.24, 2.45) is 0 Å². The minimum absolute atomic E-state index is 0.131. The van der Waals surface area contributed by atoms with Gasteiger partial charge in [0.1, 0.15) is 5.60 Å². The lowest BCUT2D eigenvalue weighted by Crippen LogP contribution is -2.26. The SMILES string of the molecule is CC(C)(C)OC(=O)n1ccc2cc(C(c3ccccc3)c3ccccc3)ccc21. The van der Waals surface area contributed by atoms with Crippen LogP contribution in [0, 0.1) is 0 Å². The average molecular weight is 383 g/mol. The van der Waals surface area contributed by atoms with E-state index in [0.29, 0.717) is 0 Å². The van der Waals surface area contributed by atoms with Gasteiger partial charge in [0.25, 0.3) is 0 Å². The summed E-state index contributed by atoms with van der Waals surface area (Å²) in [7, 11) is 0. The van der Waals surface area contributed by atoms with E-state index in [-0.39, 0.29) is 12.0 Å². The minimum Gasteiger partial charge on any atom is -0.443 e. The van der Waals surface area contributed by atoms with Crippen molar-refractivity contribution in [3.8, 4) is 0 Å². The molecule has 3 heteroatoms. The second-order valence-electron chi connectivity index (χ2n) is 8.24. The van der Waals surface area contributed by atoms with Crippen molar-refractivity contribution >= 4 is 17.0 Å². The van der Waals surface area contributed by atoms with Crippen LogP contribution in [0.3, 0.4) is 0 Å². The van der Waals surface area contributed by atoms with Gasteiger partial charge in [-0.3, -0.25) is 4.57 Å². The first-order chi connectivity index (χ1) is 13.9. The van der Waals surface area contributed by atoms with E-state index in [4.69, 9.17) is 4.74 Å². The molecule has 0 bridgehead atoms. The third-order valence-electron chi connectivity index (χ3n) is 4.90. The molecule has 0 N–H and O–H groups in total.